The molecule has 7 heteroatoms. The number of carboxylic acids is 1. The Kier molecular flexibility index (Phi) is 4.54. The first-order valence-corrected chi connectivity index (χ1v) is 7.36. The number of nitrogens with one attached hydrogen (secondary N) is 1. The average molecular weight is 307 g/mol. The van der Waals surface area contributed by atoms with Gasteiger partial charge in [0.1, 0.15) is 17.1 Å². The van der Waals surface area contributed by atoms with E-state index in [-0.39, 0.29) is 22.8 Å². The van der Waals surface area contributed by atoms with E-state index in [2.05, 4.69) is 5.32 Å². The number of carboxylic acid groups (broad SMARTS) is 1. The minimum absolute atomic E-state index is 0.143. The van der Waals surface area contributed by atoms with Crippen molar-refractivity contribution < 1.29 is 24.2 Å². The number of aromatic carboxylic acids is 1. The SMILES string of the molecule is CSCc1ccc(C(=O)Nc2ccc(O)c(C(=O)O)c2)o1. The second-order valence-electron chi connectivity index (χ2n) is 4.19. The number of thioether (sulfide) groups is 1. The summed E-state index contributed by atoms with van der Waals surface area (Å²) in [7, 11) is 0. The maximum atomic E-state index is 12.0. The monoisotopic (exact) mass is 307 g/mol. The van der Waals surface area contributed by atoms with Crippen molar-refractivity contribution in [3.05, 3.63) is 47.4 Å². The largest absolute Gasteiger partial charge is 0.507 e. The van der Waals surface area contributed by atoms with Crippen molar-refractivity contribution in [3.63, 3.8) is 0 Å². The number of phenols is 1. The number of aromatic hydroxyl groups is 1. The van der Waals surface area contributed by atoms with Gasteiger partial charge in [-0.1, -0.05) is 0 Å². The van der Waals surface area contributed by atoms with Gasteiger partial charge in [-0.2, -0.15) is 11.8 Å². The van der Waals surface area contributed by atoms with Gasteiger partial charge in [-0.15, -0.1) is 0 Å². The molecule has 0 unspecified atom stereocenters. The minimum Gasteiger partial charge on any atom is -0.507 e. The van der Waals surface area contributed by atoms with Crippen molar-refractivity contribution in [2.45, 2.75) is 5.75 Å². The fourth-order valence-corrected chi connectivity index (χ4v) is 2.14. The molecule has 0 fully saturated rings. The second kappa shape index (κ2) is 6.36. The fraction of sp³-hybridized carbons (Fsp3) is 0.143. The van der Waals surface area contributed by atoms with Crippen LogP contribution in [0.2, 0.25) is 0 Å². The summed E-state index contributed by atoms with van der Waals surface area (Å²) in [5.41, 5.74) is -0.0201. The summed E-state index contributed by atoms with van der Waals surface area (Å²) in [6, 6.07) is 7.07. The normalized spacial score (nSPS) is 10.3. The number of anilines is 1. The molecule has 0 spiro atoms. The third kappa shape index (κ3) is 3.57. The van der Waals surface area contributed by atoms with Crippen molar-refractivity contribution in [2.24, 2.45) is 0 Å². The summed E-state index contributed by atoms with van der Waals surface area (Å²) in [4.78, 5) is 22.9. The van der Waals surface area contributed by atoms with E-state index in [1.54, 1.807) is 23.9 Å². The van der Waals surface area contributed by atoms with Gasteiger partial charge in [0.15, 0.2) is 5.76 Å². The number of hydrogen-bond donors (Lipinski definition) is 3. The molecule has 0 atom stereocenters. The molecule has 110 valence electrons. The number of benzene rings is 1. The van der Waals surface area contributed by atoms with Crippen molar-refractivity contribution in [1.82, 2.24) is 0 Å². The van der Waals surface area contributed by atoms with Gasteiger partial charge in [0.05, 0.1) is 5.75 Å². The average Bonchev–Trinajstić information content (AvgIpc) is 2.90. The molecule has 3 N–H and O–H groups in total. The lowest BCUT2D eigenvalue weighted by Crippen LogP contribution is -2.11. The zero-order valence-corrected chi connectivity index (χ0v) is 11.9. The lowest BCUT2D eigenvalue weighted by Gasteiger charge is -2.05. The summed E-state index contributed by atoms with van der Waals surface area (Å²) in [6.07, 6.45) is 1.92. The maximum Gasteiger partial charge on any atom is 0.339 e. The highest BCUT2D eigenvalue weighted by Gasteiger charge is 2.14. The van der Waals surface area contributed by atoms with Gasteiger partial charge in [-0.25, -0.2) is 4.79 Å². The van der Waals surface area contributed by atoms with Crippen molar-refractivity contribution in [3.8, 4) is 5.75 Å². The van der Waals surface area contributed by atoms with E-state index in [9.17, 15) is 14.7 Å². The summed E-state index contributed by atoms with van der Waals surface area (Å²) >= 11 is 1.57. The van der Waals surface area contributed by atoms with Crippen LogP contribution in [-0.4, -0.2) is 28.3 Å². The molecule has 0 radical (unpaired) electrons. The van der Waals surface area contributed by atoms with Crippen LogP contribution in [0.15, 0.2) is 34.7 Å². The molecule has 2 rings (SSSR count). The van der Waals surface area contributed by atoms with E-state index in [0.29, 0.717) is 11.5 Å². The Morgan fingerprint density at radius 1 is 1.29 bits per heavy atom. The Balaban J connectivity index is 2.15. The highest BCUT2D eigenvalue weighted by Crippen LogP contribution is 2.22. The highest BCUT2D eigenvalue weighted by molar-refractivity contribution is 7.97. The van der Waals surface area contributed by atoms with Crippen LogP contribution in [0.4, 0.5) is 5.69 Å². The van der Waals surface area contributed by atoms with Crippen molar-refractivity contribution >= 4 is 29.3 Å². The van der Waals surface area contributed by atoms with Crippen LogP contribution in [0.5, 0.6) is 5.75 Å². The van der Waals surface area contributed by atoms with E-state index in [1.165, 1.54) is 18.2 Å². The van der Waals surface area contributed by atoms with E-state index < -0.39 is 11.9 Å². The predicted octanol–water partition coefficient (Wildman–Crippen LogP) is 2.80. The summed E-state index contributed by atoms with van der Waals surface area (Å²) in [5.74, 6) is -0.627. The molecular formula is C14H13NO5S. The number of furan rings is 1. The van der Waals surface area contributed by atoms with Crippen LogP contribution in [0, 0.1) is 0 Å². The van der Waals surface area contributed by atoms with Crippen LogP contribution in [0.25, 0.3) is 0 Å². The third-order valence-electron chi connectivity index (χ3n) is 2.66. The Hall–Kier alpha value is -2.41. The Morgan fingerprint density at radius 3 is 2.71 bits per heavy atom. The van der Waals surface area contributed by atoms with Crippen LogP contribution in [0.3, 0.4) is 0 Å². The summed E-state index contributed by atoms with van der Waals surface area (Å²) in [5, 5.41) is 20.8. The number of amides is 1. The Morgan fingerprint density at radius 2 is 2.05 bits per heavy atom. The van der Waals surface area contributed by atoms with Gasteiger partial charge in [-0.05, 0) is 36.6 Å². The first-order chi connectivity index (χ1) is 10.0. The van der Waals surface area contributed by atoms with Crippen LogP contribution in [0.1, 0.15) is 26.7 Å². The molecule has 1 amide bonds. The lowest BCUT2D eigenvalue weighted by molar-refractivity contribution is 0.0693. The van der Waals surface area contributed by atoms with Crippen LogP contribution >= 0.6 is 11.8 Å². The van der Waals surface area contributed by atoms with Gasteiger partial charge in [0.25, 0.3) is 5.91 Å². The Bertz CT molecular complexity index is 680. The molecule has 1 aromatic carbocycles. The minimum atomic E-state index is -1.27. The molecule has 2 aromatic rings. The van der Waals surface area contributed by atoms with E-state index in [1.807, 2.05) is 6.26 Å². The number of rotatable bonds is 5. The maximum absolute atomic E-state index is 12.0. The smallest absolute Gasteiger partial charge is 0.339 e. The highest BCUT2D eigenvalue weighted by atomic mass is 32.2. The molecule has 0 saturated carbocycles. The second-order valence-corrected chi connectivity index (χ2v) is 5.06. The standard InChI is InChI=1S/C14H13NO5S/c1-21-7-9-3-5-12(20-9)13(17)15-8-2-4-11(16)10(6-8)14(18)19/h2-6,16H,7H2,1H3,(H,15,17)(H,18,19). The first-order valence-electron chi connectivity index (χ1n) is 5.96. The van der Waals surface area contributed by atoms with Gasteiger partial charge in [0.2, 0.25) is 0 Å². The van der Waals surface area contributed by atoms with Gasteiger partial charge in [-0.3, -0.25) is 4.79 Å². The zero-order valence-electron chi connectivity index (χ0n) is 11.1. The topological polar surface area (TPSA) is 99.8 Å². The molecule has 0 aliphatic carbocycles. The molecule has 6 nitrogen and oxygen atoms in total. The van der Waals surface area contributed by atoms with Gasteiger partial charge >= 0.3 is 5.97 Å². The molecule has 1 heterocycles. The first kappa shape index (κ1) is 15.0. The number of carbonyl (C=O) groups is 2. The molecule has 1 aromatic heterocycles. The zero-order chi connectivity index (χ0) is 15.4. The van der Waals surface area contributed by atoms with E-state index in [4.69, 9.17) is 9.52 Å². The molecule has 0 saturated heterocycles. The third-order valence-corrected chi connectivity index (χ3v) is 3.23. The molecule has 0 bridgehead atoms. The molecule has 21 heavy (non-hydrogen) atoms. The predicted molar refractivity (Wildman–Crippen MR) is 78.9 cm³/mol. The molecule has 0 aliphatic rings. The van der Waals surface area contributed by atoms with Gasteiger partial charge in [0, 0.05) is 5.69 Å². The number of carbonyl (C=O) groups excluding carboxylic acids is 1. The fourth-order valence-electron chi connectivity index (χ4n) is 1.70. The Labute approximate surface area is 124 Å². The van der Waals surface area contributed by atoms with Crippen molar-refractivity contribution in [1.29, 1.82) is 0 Å². The molecule has 0 aliphatic heterocycles. The van der Waals surface area contributed by atoms with Gasteiger partial charge < -0.3 is 19.9 Å². The summed E-state index contributed by atoms with van der Waals surface area (Å²) in [6.45, 7) is 0. The summed E-state index contributed by atoms with van der Waals surface area (Å²) < 4.78 is 5.36. The van der Waals surface area contributed by atoms with Crippen LogP contribution in [-0.2, 0) is 5.75 Å². The van der Waals surface area contributed by atoms with E-state index >= 15 is 0 Å². The number of hydrogen-bond acceptors (Lipinski definition) is 5. The molecular weight excluding hydrogens is 294 g/mol. The van der Waals surface area contributed by atoms with Crippen molar-refractivity contribution in [2.75, 3.05) is 11.6 Å². The van der Waals surface area contributed by atoms with Crippen LogP contribution < -0.4 is 5.32 Å². The quantitative estimate of drug-likeness (QED) is 0.734. The van der Waals surface area contributed by atoms with E-state index in [0.717, 1.165) is 0 Å². The lowest BCUT2D eigenvalue weighted by atomic mass is 10.2.